The average Bonchev–Trinajstić information content (AvgIpc) is 2.21. The van der Waals surface area contributed by atoms with Crippen molar-refractivity contribution in [3.63, 3.8) is 0 Å². The van der Waals surface area contributed by atoms with Crippen molar-refractivity contribution in [3.8, 4) is 0 Å². The highest BCUT2D eigenvalue weighted by Gasteiger charge is 2.16. The topological polar surface area (TPSA) is 42.1 Å². The van der Waals surface area contributed by atoms with Gasteiger partial charge in [-0.25, -0.2) is 4.98 Å². The van der Waals surface area contributed by atoms with Crippen LogP contribution in [0.4, 0.5) is 5.69 Å². The molecule has 0 spiro atoms. The van der Waals surface area contributed by atoms with Crippen LogP contribution in [0.5, 0.6) is 0 Å². The lowest BCUT2D eigenvalue weighted by Gasteiger charge is -2.31. The Kier molecular flexibility index (Phi) is 7.07. The molecule has 2 heterocycles. The summed E-state index contributed by atoms with van der Waals surface area (Å²) >= 11 is 5.72. The number of halogens is 3. The van der Waals surface area contributed by atoms with E-state index in [-0.39, 0.29) is 24.8 Å². The zero-order valence-corrected chi connectivity index (χ0v) is 11.2. The first-order valence-electron chi connectivity index (χ1n) is 4.88. The molecule has 2 rings (SSSR count). The van der Waals surface area contributed by atoms with Crippen LogP contribution < -0.4 is 10.6 Å². The molecule has 0 bridgehead atoms. The number of nitrogens with two attached hydrogens (primary N) is 1. The molecule has 0 aliphatic carbocycles. The smallest absolute Gasteiger partial charge is 0.129 e. The summed E-state index contributed by atoms with van der Waals surface area (Å²) in [5, 5.41) is 0.544. The van der Waals surface area contributed by atoms with Crippen molar-refractivity contribution in [1.82, 2.24) is 4.98 Å². The van der Waals surface area contributed by atoms with E-state index in [2.05, 4.69) is 9.88 Å². The van der Waals surface area contributed by atoms with E-state index in [1.165, 1.54) is 0 Å². The second-order valence-electron chi connectivity index (χ2n) is 3.66. The van der Waals surface area contributed by atoms with Crippen LogP contribution in [0.2, 0.25) is 5.15 Å². The first-order valence-corrected chi connectivity index (χ1v) is 5.25. The summed E-state index contributed by atoms with van der Waals surface area (Å²) in [7, 11) is 0. The number of piperidine rings is 1. The van der Waals surface area contributed by atoms with Gasteiger partial charge in [-0.1, -0.05) is 11.6 Å². The monoisotopic (exact) mass is 283 g/mol. The van der Waals surface area contributed by atoms with Gasteiger partial charge in [0.25, 0.3) is 0 Å². The number of hydrogen-bond acceptors (Lipinski definition) is 3. The van der Waals surface area contributed by atoms with E-state index >= 15 is 0 Å². The minimum atomic E-state index is 0. The fourth-order valence-electron chi connectivity index (χ4n) is 1.71. The van der Waals surface area contributed by atoms with Gasteiger partial charge in [-0.15, -0.1) is 24.8 Å². The molecule has 1 fully saturated rings. The van der Waals surface area contributed by atoms with Crippen LogP contribution in [-0.4, -0.2) is 24.1 Å². The molecule has 2 N–H and O–H groups in total. The van der Waals surface area contributed by atoms with Crippen molar-refractivity contribution < 1.29 is 0 Å². The van der Waals surface area contributed by atoms with E-state index in [4.69, 9.17) is 17.3 Å². The summed E-state index contributed by atoms with van der Waals surface area (Å²) in [6, 6.07) is 4.20. The second kappa shape index (κ2) is 7.17. The average molecular weight is 285 g/mol. The lowest BCUT2D eigenvalue weighted by Crippen LogP contribution is -2.39. The summed E-state index contributed by atoms with van der Waals surface area (Å²) in [5.41, 5.74) is 6.98. The van der Waals surface area contributed by atoms with E-state index < -0.39 is 0 Å². The van der Waals surface area contributed by atoms with E-state index in [1.54, 1.807) is 0 Å². The Morgan fingerprint density at radius 1 is 1.25 bits per heavy atom. The molecule has 1 aromatic heterocycles. The number of anilines is 1. The minimum absolute atomic E-state index is 0. The summed E-state index contributed by atoms with van der Waals surface area (Å²) in [5.74, 6) is 0. The summed E-state index contributed by atoms with van der Waals surface area (Å²) in [6.45, 7) is 2.04. The van der Waals surface area contributed by atoms with Crippen molar-refractivity contribution in [3.05, 3.63) is 23.5 Å². The van der Waals surface area contributed by atoms with Crippen molar-refractivity contribution in [2.45, 2.75) is 18.9 Å². The number of pyridine rings is 1. The fraction of sp³-hybridized carbons (Fsp3) is 0.500. The highest BCUT2D eigenvalue weighted by molar-refractivity contribution is 6.29. The zero-order valence-electron chi connectivity index (χ0n) is 8.80. The molecule has 0 aromatic carbocycles. The van der Waals surface area contributed by atoms with Gasteiger partial charge in [-0.05, 0) is 25.0 Å². The highest BCUT2D eigenvalue weighted by atomic mass is 35.5. The molecule has 3 nitrogen and oxygen atoms in total. The Hall–Kier alpha value is -0.220. The number of aromatic nitrogens is 1. The Labute approximate surface area is 113 Å². The standard InChI is InChI=1S/C10H14ClN3.2ClH/c11-10-2-1-9(7-13-10)14-5-3-8(12)4-6-14;;/h1-2,7-8H,3-6,12H2;2*1H. The van der Waals surface area contributed by atoms with E-state index in [1.807, 2.05) is 18.3 Å². The molecule has 1 aliphatic heterocycles. The normalized spacial score (nSPS) is 16.2. The quantitative estimate of drug-likeness (QED) is 0.806. The van der Waals surface area contributed by atoms with Gasteiger partial charge in [0.1, 0.15) is 5.15 Å². The van der Waals surface area contributed by atoms with Gasteiger partial charge < -0.3 is 10.6 Å². The SMILES string of the molecule is Cl.Cl.NC1CCN(c2ccc(Cl)nc2)CC1. The first kappa shape index (κ1) is 15.8. The Morgan fingerprint density at radius 3 is 2.38 bits per heavy atom. The molecule has 0 unspecified atom stereocenters. The Bertz CT molecular complexity index is 297. The number of rotatable bonds is 1. The van der Waals surface area contributed by atoms with Crippen molar-refractivity contribution >= 4 is 42.1 Å². The predicted octanol–water partition coefficient (Wildman–Crippen LogP) is 2.51. The molecule has 0 amide bonds. The van der Waals surface area contributed by atoms with Gasteiger partial charge in [0.05, 0.1) is 11.9 Å². The number of nitrogens with zero attached hydrogens (tertiary/aromatic N) is 2. The van der Waals surface area contributed by atoms with Crippen LogP contribution in [0.15, 0.2) is 18.3 Å². The van der Waals surface area contributed by atoms with Gasteiger partial charge in [-0.2, -0.15) is 0 Å². The molecule has 0 atom stereocenters. The minimum Gasteiger partial charge on any atom is -0.370 e. The van der Waals surface area contributed by atoms with Crippen molar-refractivity contribution in [2.24, 2.45) is 5.73 Å². The Balaban J connectivity index is 0.00000112. The van der Waals surface area contributed by atoms with Crippen molar-refractivity contribution in [2.75, 3.05) is 18.0 Å². The lowest BCUT2D eigenvalue weighted by atomic mass is 10.1. The summed E-state index contributed by atoms with van der Waals surface area (Å²) in [4.78, 5) is 6.36. The molecular formula is C10H16Cl3N3. The molecule has 1 aromatic rings. The first-order chi connectivity index (χ1) is 6.75. The van der Waals surface area contributed by atoms with Gasteiger partial charge in [0.2, 0.25) is 0 Å². The van der Waals surface area contributed by atoms with Gasteiger partial charge >= 0.3 is 0 Å². The van der Waals surface area contributed by atoms with E-state index in [0.29, 0.717) is 11.2 Å². The van der Waals surface area contributed by atoms with Crippen LogP contribution in [-0.2, 0) is 0 Å². The molecule has 16 heavy (non-hydrogen) atoms. The zero-order chi connectivity index (χ0) is 9.97. The second-order valence-corrected chi connectivity index (χ2v) is 4.05. The third kappa shape index (κ3) is 3.98. The van der Waals surface area contributed by atoms with E-state index in [0.717, 1.165) is 31.6 Å². The van der Waals surface area contributed by atoms with Crippen LogP contribution >= 0.6 is 36.4 Å². The Morgan fingerprint density at radius 2 is 1.88 bits per heavy atom. The lowest BCUT2D eigenvalue weighted by molar-refractivity contribution is 0.501. The van der Waals surface area contributed by atoms with Crippen LogP contribution in [0, 0.1) is 0 Å². The maximum atomic E-state index is 5.84. The molecule has 0 radical (unpaired) electrons. The van der Waals surface area contributed by atoms with Gasteiger partial charge in [-0.3, -0.25) is 0 Å². The molecule has 1 saturated heterocycles. The third-order valence-corrected chi connectivity index (χ3v) is 2.84. The van der Waals surface area contributed by atoms with Crippen molar-refractivity contribution in [1.29, 1.82) is 0 Å². The third-order valence-electron chi connectivity index (χ3n) is 2.62. The summed E-state index contributed by atoms with van der Waals surface area (Å²) < 4.78 is 0. The van der Waals surface area contributed by atoms with Crippen LogP contribution in [0.3, 0.4) is 0 Å². The molecule has 92 valence electrons. The molecular weight excluding hydrogens is 268 g/mol. The molecule has 6 heteroatoms. The van der Waals surface area contributed by atoms with Crippen LogP contribution in [0.1, 0.15) is 12.8 Å². The van der Waals surface area contributed by atoms with E-state index in [9.17, 15) is 0 Å². The molecule has 1 aliphatic rings. The van der Waals surface area contributed by atoms with Gasteiger partial charge in [0.15, 0.2) is 0 Å². The predicted molar refractivity (Wildman–Crippen MR) is 73.2 cm³/mol. The maximum absolute atomic E-state index is 5.84. The largest absolute Gasteiger partial charge is 0.370 e. The highest BCUT2D eigenvalue weighted by Crippen LogP contribution is 2.19. The maximum Gasteiger partial charge on any atom is 0.129 e. The van der Waals surface area contributed by atoms with Crippen LogP contribution in [0.25, 0.3) is 0 Å². The summed E-state index contributed by atoms with van der Waals surface area (Å²) in [6.07, 6.45) is 3.93. The van der Waals surface area contributed by atoms with Gasteiger partial charge in [0, 0.05) is 19.1 Å². The number of hydrogen-bond donors (Lipinski definition) is 1. The fourth-order valence-corrected chi connectivity index (χ4v) is 1.82. The molecule has 0 saturated carbocycles.